The minimum absolute atomic E-state index is 0.00368. The van der Waals surface area contributed by atoms with Gasteiger partial charge in [-0.25, -0.2) is 0 Å². The monoisotopic (exact) mass is 490 g/mol. The Morgan fingerprint density at radius 1 is 1.11 bits per heavy atom. The zero-order valence-electron chi connectivity index (χ0n) is 19.3. The van der Waals surface area contributed by atoms with Gasteiger partial charge in [0, 0.05) is 57.9 Å². The summed E-state index contributed by atoms with van der Waals surface area (Å²) in [4.78, 5) is 32.8. The third-order valence-corrected chi connectivity index (χ3v) is 6.62. The number of aromatic amines is 1. The number of nitrogens with zero attached hydrogens (tertiary/aromatic N) is 1. The highest BCUT2D eigenvalue weighted by molar-refractivity contribution is 6.31. The number of pyridine rings is 1. The van der Waals surface area contributed by atoms with Gasteiger partial charge in [0.05, 0.1) is 11.6 Å². The summed E-state index contributed by atoms with van der Waals surface area (Å²) in [7, 11) is 0. The zero-order chi connectivity index (χ0) is 24.4. The van der Waals surface area contributed by atoms with Crippen LogP contribution >= 0.6 is 11.6 Å². The van der Waals surface area contributed by atoms with Crippen molar-refractivity contribution in [1.29, 1.82) is 0 Å². The first-order valence-corrected chi connectivity index (χ1v) is 12.1. The maximum Gasteiger partial charge on any atom is 0.255 e. The molecule has 35 heavy (non-hydrogen) atoms. The summed E-state index contributed by atoms with van der Waals surface area (Å²) in [5, 5.41) is 9.42. The SMILES string of the molecule is C[C@@H]1NC(C(=O)NNC(=O)CCCNc2ccnc3cc(Cl)ccc23)Cc2c1[nH]c1ccccc21. The molecule has 0 aliphatic carbocycles. The fourth-order valence-electron chi connectivity index (χ4n) is 4.66. The Kier molecular flexibility index (Phi) is 6.57. The number of hydrogen-bond acceptors (Lipinski definition) is 5. The number of hydrazine groups is 1. The van der Waals surface area contributed by atoms with Crippen molar-refractivity contribution in [1.82, 2.24) is 26.1 Å². The van der Waals surface area contributed by atoms with Crippen molar-refractivity contribution in [2.24, 2.45) is 0 Å². The fraction of sp³-hybridized carbons (Fsp3) is 0.269. The molecular formula is C26H27ClN6O2. The normalized spacial score (nSPS) is 17.2. The molecular weight excluding hydrogens is 464 g/mol. The number of rotatable bonds is 6. The van der Waals surface area contributed by atoms with E-state index in [2.05, 4.69) is 37.5 Å². The molecule has 0 fully saturated rings. The molecule has 1 aliphatic heterocycles. The van der Waals surface area contributed by atoms with Crippen LogP contribution in [0.15, 0.2) is 54.7 Å². The van der Waals surface area contributed by atoms with Gasteiger partial charge in [0.25, 0.3) is 5.91 Å². The van der Waals surface area contributed by atoms with Crippen molar-refractivity contribution in [3.8, 4) is 0 Å². The molecule has 5 N–H and O–H groups in total. The first-order valence-electron chi connectivity index (χ1n) is 11.7. The lowest BCUT2D eigenvalue weighted by atomic mass is 9.94. The highest BCUT2D eigenvalue weighted by Gasteiger charge is 2.31. The van der Waals surface area contributed by atoms with Gasteiger partial charge in [-0.2, -0.15) is 0 Å². The summed E-state index contributed by atoms with van der Waals surface area (Å²) in [6, 6.07) is 15.1. The largest absolute Gasteiger partial charge is 0.384 e. The number of para-hydroxylation sites is 1. The number of anilines is 1. The van der Waals surface area contributed by atoms with Crippen molar-refractivity contribution < 1.29 is 9.59 Å². The lowest BCUT2D eigenvalue weighted by molar-refractivity contribution is -0.130. The van der Waals surface area contributed by atoms with Gasteiger partial charge in [-0.15, -0.1) is 0 Å². The number of carbonyl (C=O) groups is 2. The quantitative estimate of drug-likeness (QED) is 0.207. The third kappa shape index (κ3) is 4.94. The molecule has 8 nitrogen and oxygen atoms in total. The molecule has 2 amide bonds. The molecule has 1 aliphatic rings. The van der Waals surface area contributed by atoms with Crippen LogP contribution in [0.1, 0.15) is 37.1 Å². The number of fused-ring (bicyclic) bond motifs is 4. The second kappa shape index (κ2) is 9.93. The second-order valence-corrected chi connectivity index (χ2v) is 9.23. The zero-order valence-corrected chi connectivity index (χ0v) is 20.1. The van der Waals surface area contributed by atoms with Crippen LogP contribution in [0.5, 0.6) is 0 Å². The Bertz CT molecular complexity index is 1400. The van der Waals surface area contributed by atoms with Crippen LogP contribution in [-0.4, -0.2) is 34.4 Å². The number of halogens is 1. The van der Waals surface area contributed by atoms with E-state index in [0.29, 0.717) is 24.4 Å². The van der Waals surface area contributed by atoms with Crippen LogP contribution in [0.3, 0.4) is 0 Å². The molecule has 5 rings (SSSR count). The molecule has 0 radical (unpaired) electrons. The van der Waals surface area contributed by atoms with Gasteiger partial charge in [-0.3, -0.25) is 30.7 Å². The summed E-state index contributed by atoms with van der Waals surface area (Å²) in [5.41, 5.74) is 10.2. The van der Waals surface area contributed by atoms with E-state index >= 15 is 0 Å². The molecule has 4 aromatic rings. The molecule has 3 heterocycles. The van der Waals surface area contributed by atoms with Crippen LogP contribution in [-0.2, 0) is 16.0 Å². The van der Waals surface area contributed by atoms with E-state index in [1.165, 1.54) is 0 Å². The molecule has 1 unspecified atom stereocenters. The van der Waals surface area contributed by atoms with Gasteiger partial charge >= 0.3 is 0 Å². The molecule has 9 heteroatoms. The summed E-state index contributed by atoms with van der Waals surface area (Å²) in [5.74, 6) is -0.482. The Morgan fingerprint density at radius 3 is 2.86 bits per heavy atom. The molecule has 0 bridgehead atoms. The van der Waals surface area contributed by atoms with E-state index in [9.17, 15) is 9.59 Å². The summed E-state index contributed by atoms with van der Waals surface area (Å²) in [6.07, 6.45) is 3.17. The maximum absolute atomic E-state index is 12.8. The number of carbonyl (C=O) groups excluding carboxylic acids is 2. The minimum Gasteiger partial charge on any atom is -0.384 e. The van der Waals surface area contributed by atoms with Crippen molar-refractivity contribution in [2.45, 2.75) is 38.3 Å². The van der Waals surface area contributed by atoms with Crippen LogP contribution in [0.25, 0.3) is 21.8 Å². The number of aromatic nitrogens is 2. The topological polar surface area (TPSA) is 111 Å². The lowest BCUT2D eigenvalue weighted by Gasteiger charge is -2.28. The summed E-state index contributed by atoms with van der Waals surface area (Å²) < 4.78 is 0. The first-order chi connectivity index (χ1) is 17.0. The third-order valence-electron chi connectivity index (χ3n) is 6.38. The average Bonchev–Trinajstić information content (AvgIpc) is 3.24. The minimum atomic E-state index is -0.424. The smallest absolute Gasteiger partial charge is 0.255 e. The van der Waals surface area contributed by atoms with Gasteiger partial charge in [-0.05, 0) is 55.7 Å². The van der Waals surface area contributed by atoms with Gasteiger partial charge in [0.15, 0.2) is 0 Å². The Labute approximate surface area is 207 Å². The van der Waals surface area contributed by atoms with Gasteiger partial charge in [0.1, 0.15) is 0 Å². The molecule has 0 saturated heterocycles. The second-order valence-electron chi connectivity index (χ2n) is 8.80. The standard InChI is InChI=1S/C26H27ClN6O2/c1-15-25-19(17-5-2-3-6-21(17)31-25)14-23(30-15)26(35)33-32-24(34)7-4-11-28-20-10-12-29-22-13-16(27)8-9-18(20)22/h2-3,5-6,8-10,12-13,15,23,30-31H,4,7,11,14H2,1H3,(H,28,29)(H,32,34)(H,33,35)/t15-,23?/m0/s1. The van der Waals surface area contributed by atoms with Crippen LogP contribution in [0.2, 0.25) is 5.02 Å². The van der Waals surface area contributed by atoms with Crippen molar-refractivity contribution in [3.05, 3.63) is 71.0 Å². The highest BCUT2D eigenvalue weighted by Crippen LogP contribution is 2.31. The van der Waals surface area contributed by atoms with E-state index in [4.69, 9.17) is 11.6 Å². The Hall–Kier alpha value is -3.62. The van der Waals surface area contributed by atoms with E-state index < -0.39 is 6.04 Å². The lowest BCUT2D eigenvalue weighted by Crippen LogP contribution is -2.53. The average molecular weight is 491 g/mol. The molecule has 0 saturated carbocycles. The van der Waals surface area contributed by atoms with Crippen molar-refractivity contribution in [2.75, 3.05) is 11.9 Å². The Morgan fingerprint density at radius 2 is 1.97 bits per heavy atom. The van der Waals surface area contributed by atoms with Crippen LogP contribution in [0, 0.1) is 0 Å². The summed E-state index contributed by atoms with van der Waals surface area (Å²) >= 11 is 6.04. The Balaban J connectivity index is 1.09. The highest BCUT2D eigenvalue weighted by atomic mass is 35.5. The molecule has 0 spiro atoms. The first kappa shape index (κ1) is 23.1. The maximum atomic E-state index is 12.8. The van der Waals surface area contributed by atoms with E-state index in [1.807, 2.05) is 49.4 Å². The summed E-state index contributed by atoms with van der Waals surface area (Å²) in [6.45, 7) is 2.63. The molecule has 2 aromatic carbocycles. The van der Waals surface area contributed by atoms with Crippen LogP contribution in [0.4, 0.5) is 5.69 Å². The van der Waals surface area contributed by atoms with Gasteiger partial charge < -0.3 is 10.3 Å². The predicted molar refractivity (Wildman–Crippen MR) is 138 cm³/mol. The van der Waals surface area contributed by atoms with E-state index in [-0.39, 0.29) is 24.3 Å². The molecule has 180 valence electrons. The van der Waals surface area contributed by atoms with Crippen molar-refractivity contribution in [3.63, 3.8) is 0 Å². The molecule has 2 aromatic heterocycles. The van der Waals surface area contributed by atoms with E-state index in [0.717, 1.165) is 38.8 Å². The number of H-pyrrole nitrogens is 1. The number of amides is 2. The number of benzene rings is 2. The van der Waals surface area contributed by atoms with Gasteiger partial charge in [-0.1, -0.05) is 29.8 Å². The van der Waals surface area contributed by atoms with Crippen LogP contribution < -0.4 is 21.5 Å². The van der Waals surface area contributed by atoms with Gasteiger partial charge in [0.2, 0.25) is 5.91 Å². The predicted octanol–water partition coefficient (Wildman–Crippen LogP) is 3.98. The van der Waals surface area contributed by atoms with Crippen molar-refractivity contribution >= 4 is 50.9 Å². The number of hydrogen-bond donors (Lipinski definition) is 5. The fourth-order valence-corrected chi connectivity index (χ4v) is 4.82. The van der Waals surface area contributed by atoms with E-state index in [1.54, 1.807) is 6.20 Å². The molecule has 2 atom stereocenters. The number of nitrogens with one attached hydrogen (secondary N) is 5.